The number of pyridine rings is 1. The van der Waals surface area contributed by atoms with Crippen LogP contribution in [0.3, 0.4) is 0 Å². The van der Waals surface area contributed by atoms with Crippen molar-refractivity contribution in [2.24, 2.45) is 0 Å². The van der Waals surface area contributed by atoms with Crippen LogP contribution in [0, 0.1) is 20.8 Å². The molecule has 2 rings (SSSR count). The quantitative estimate of drug-likeness (QED) is 0.281. The second-order valence-corrected chi connectivity index (χ2v) is 10.1. The van der Waals surface area contributed by atoms with Gasteiger partial charge in [0, 0.05) is 37.6 Å². The summed E-state index contributed by atoms with van der Waals surface area (Å²) < 4.78 is 29.3. The van der Waals surface area contributed by atoms with E-state index >= 15 is 0 Å². The fourth-order valence-electron chi connectivity index (χ4n) is 4.03. The van der Waals surface area contributed by atoms with Gasteiger partial charge in [0.05, 0.1) is 5.97 Å². The first-order valence-corrected chi connectivity index (χ1v) is 13.4. The molecule has 2 aromatic rings. The smallest absolute Gasteiger partial charge is 0.270 e. The minimum Gasteiger partial charge on any atom is -0.549 e. The molecule has 1 aromatic carbocycles. The van der Waals surface area contributed by atoms with E-state index in [-0.39, 0.29) is 0 Å². The number of rotatable bonds is 12. The minimum atomic E-state index is -4.39. The van der Waals surface area contributed by atoms with Crippen LogP contribution < -0.4 is 9.67 Å². The van der Waals surface area contributed by atoms with Crippen LogP contribution in [0.2, 0.25) is 0 Å². The molecule has 0 amide bonds. The number of aliphatic carboxylic acids is 1. The van der Waals surface area contributed by atoms with Crippen LogP contribution >= 0.6 is 0 Å². The average Bonchev–Trinajstić information content (AvgIpc) is 2.69. The Kier molecular flexibility index (Phi) is 12.9. The Morgan fingerprint density at radius 3 is 1.91 bits per heavy atom. The summed E-state index contributed by atoms with van der Waals surface area (Å²) in [6.45, 7) is 8.89. The van der Waals surface area contributed by atoms with Crippen molar-refractivity contribution in [3.05, 3.63) is 58.9 Å². The number of carboxylic acids is 1. The van der Waals surface area contributed by atoms with Crippen LogP contribution in [0.5, 0.6) is 0 Å². The van der Waals surface area contributed by atoms with Gasteiger partial charge in [-0.05, 0) is 25.3 Å². The zero-order chi connectivity index (χ0) is 24.9. The molecule has 0 saturated heterocycles. The van der Waals surface area contributed by atoms with Gasteiger partial charge in [0.25, 0.3) is 10.1 Å². The average molecular weight is 478 g/mol. The standard InChI is InChI=1S/C24H36N.C2H4O5S/c1-5-6-7-8-9-10-11-12-15-23-16-13-14-17-24(23)25-21(3)18-20(2)19-22(25)4;3-2(4)1-8(5,6)7/h13-14,16-19H,5-12,15H2,1-4H3;1H2,(H,3,4)(H,5,6,7)/q+1;/p-1. The van der Waals surface area contributed by atoms with E-state index in [0.717, 1.165) is 0 Å². The van der Waals surface area contributed by atoms with Crippen molar-refractivity contribution in [3.63, 3.8) is 0 Å². The molecule has 7 heteroatoms. The molecule has 0 fully saturated rings. The van der Waals surface area contributed by atoms with Crippen LogP contribution in [0.4, 0.5) is 0 Å². The summed E-state index contributed by atoms with van der Waals surface area (Å²) in [7, 11) is -4.39. The fraction of sp³-hybridized carbons (Fsp3) is 0.538. The highest BCUT2D eigenvalue weighted by Crippen LogP contribution is 2.16. The molecule has 1 heterocycles. The first kappa shape index (κ1) is 28.8. The Balaban J connectivity index is 0.000000582. The minimum absolute atomic E-state index is 1.19. The zero-order valence-electron chi connectivity index (χ0n) is 20.5. The van der Waals surface area contributed by atoms with Gasteiger partial charge in [-0.15, -0.1) is 0 Å². The molecule has 0 atom stereocenters. The number of carbonyl (C=O) groups excluding carboxylic acids is 1. The lowest BCUT2D eigenvalue weighted by atomic mass is 10.0. The predicted octanol–water partition coefficient (Wildman–Crippen LogP) is 4.20. The second-order valence-electron chi connectivity index (χ2n) is 8.60. The van der Waals surface area contributed by atoms with Gasteiger partial charge in [-0.25, -0.2) is 0 Å². The molecule has 6 nitrogen and oxygen atoms in total. The van der Waals surface area contributed by atoms with Crippen molar-refractivity contribution >= 4 is 16.1 Å². The van der Waals surface area contributed by atoms with E-state index in [2.05, 4.69) is 68.7 Å². The molecule has 0 aliphatic rings. The van der Waals surface area contributed by atoms with Gasteiger partial charge in [-0.3, -0.25) is 4.55 Å². The molecule has 0 aliphatic carbocycles. The molecule has 1 aromatic heterocycles. The van der Waals surface area contributed by atoms with E-state index in [9.17, 15) is 18.3 Å². The topological polar surface area (TPSA) is 98.4 Å². The summed E-state index contributed by atoms with van der Waals surface area (Å²) in [6, 6.07) is 13.5. The van der Waals surface area contributed by atoms with Gasteiger partial charge < -0.3 is 9.90 Å². The number of hydrogen-bond donors (Lipinski definition) is 1. The summed E-state index contributed by atoms with van der Waals surface area (Å²) in [4.78, 5) is 9.36. The fourth-order valence-corrected chi connectivity index (χ4v) is 4.32. The third-order valence-corrected chi connectivity index (χ3v) is 6.01. The summed E-state index contributed by atoms with van der Waals surface area (Å²) in [5, 5.41) is 9.36. The van der Waals surface area contributed by atoms with Gasteiger partial charge in [-0.1, -0.05) is 70.1 Å². The maximum Gasteiger partial charge on any atom is 0.270 e. The third kappa shape index (κ3) is 12.0. The summed E-state index contributed by atoms with van der Waals surface area (Å²) >= 11 is 0. The summed E-state index contributed by atoms with van der Waals surface area (Å²) in [5.74, 6) is -3.15. The monoisotopic (exact) mass is 477 g/mol. The van der Waals surface area contributed by atoms with Crippen molar-refractivity contribution in [2.75, 3.05) is 5.75 Å². The van der Waals surface area contributed by atoms with Crippen molar-refractivity contribution in [1.29, 1.82) is 0 Å². The Bertz CT molecular complexity index is 963. The number of unbranched alkanes of at least 4 members (excludes halogenated alkanes) is 7. The number of aromatic nitrogens is 1. The highest BCUT2D eigenvalue weighted by atomic mass is 32.2. The molecule has 0 radical (unpaired) electrons. The predicted molar refractivity (Wildman–Crippen MR) is 130 cm³/mol. The Morgan fingerprint density at radius 1 is 0.909 bits per heavy atom. The Hall–Kier alpha value is -2.25. The number of nitrogens with zero attached hydrogens (tertiary/aromatic N) is 1. The van der Waals surface area contributed by atoms with Crippen LogP contribution in [0.25, 0.3) is 5.69 Å². The van der Waals surface area contributed by atoms with Crippen LogP contribution in [-0.2, 0) is 21.3 Å². The van der Waals surface area contributed by atoms with E-state index in [1.807, 2.05) is 0 Å². The van der Waals surface area contributed by atoms with Crippen LogP contribution in [0.1, 0.15) is 80.8 Å². The van der Waals surface area contributed by atoms with Crippen LogP contribution in [-0.4, -0.2) is 24.7 Å². The highest BCUT2D eigenvalue weighted by Gasteiger charge is 2.18. The maximum absolute atomic E-state index is 9.58. The Labute approximate surface area is 199 Å². The lowest BCUT2D eigenvalue weighted by Gasteiger charge is -2.09. The van der Waals surface area contributed by atoms with Gasteiger partial charge in [-0.2, -0.15) is 13.0 Å². The lowest BCUT2D eigenvalue weighted by molar-refractivity contribution is -0.610. The van der Waals surface area contributed by atoms with E-state index in [0.29, 0.717) is 0 Å². The SMILES string of the molecule is CCCCCCCCCCc1ccccc1-[n+]1c(C)cc(C)cc1C.O=C([O-])CS(=O)(=O)O. The van der Waals surface area contributed by atoms with E-state index in [1.54, 1.807) is 0 Å². The van der Waals surface area contributed by atoms with Gasteiger partial charge in [0.15, 0.2) is 11.4 Å². The molecule has 184 valence electrons. The molecule has 0 saturated carbocycles. The largest absolute Gasteiger partial charge is 0.549 e. The summed E-state index contributed by atoms with van der Waals surface area (Å²) in [6.07, 6.45) is 12.2. The van der Waals surface area contributed by atoms with Crippen molar-refractivity contribution in [3.8, 4) is 5.69 Å². The van der Waals surface area contributed by atoms with Gasteiger partial charge in [0.1, 0.15) is 5.75 Å². The van der Waals surface area contributed by atoms with E-state index in [4.69, 9.17) is 4.55 Å². The number of benzene rings is 1. The molecule has 0 unspecified atom stereocenters. The van der Waals surface area contributed by atoms with Gasteiger partial charge in [0.2, 0.25) is 5.69 Å². The zero-order valence-corrected chi connectivity index (χ0v) is 21.3. The second kappa shape index (κ2) is 14.8. The van der Waals surface area contributed by atoms with Gasteiger partial charge >= 0.3 is 0 Å². The maximum atomic E-state index is 9.58. The number of hydrogen-bond acceptors (Lipinski definition) is 4. The number of para-hydroxylation sites is 1. The molecule has 0 aliphatic heterocycles. The van der Waals surface area contributed by atoms with Crippen molar-refractivity contribution in [2.45, 2.75) is 85.5 Å². The van der Waals surface area contributed by atoms with E-state index < -0.39 is 21.8 Å². The highest BCUT2D eigenvalue weighted by molar-refractivity contribution is 7.86. The van der Waals surface area contributed by atoms with Crippen molar-refractivity contribution in [1.82, 2.24) is 0 Å². The van der Waals surface area contributed by atoms with E-state index in [1.165, 1.54) is 86.0 Å². The molecule has 33 heavy (non-hydrogen) atoms. The first-order valence-electron chi connectivity index (χ1n) is 11.8. The molecule has 0 spiro atoms. The summed E-state index contributed by atoms with van der Waals surface area (Å²) in [5.41, 5.74) is 6.82. The lowest BCUT2D eigenvalue weighted by Crippen LogP contribution is -2.38. The first-order chi connectivity index (χ1) is 15.5. The molecular formula is C26H39NO5S. The number of carbonyl (C=O) groups is 1. The number of carboxylic acid groups (broad SMARTS) is 1. The molecule has 0 bridgehead atoms. The number of aryl methyl sites for hydroxylation is 4. The third-order valence-electron chi connectivity index (χ3n) is 5.41. The Morgan fingerprint density at radius 2 is 1.42 bits per heavy atom. The van der Waals surface area contributed by atoms with Crippen molar-refractivity contribution < 1.29 is 27.4 Å². The molecular weight excluding hydrogens is 438 g/mol. The van der Waals surface area contributed by atoms with Crippen LogP contribution in [0.15, 0.2) is 36.4 Å². The normalized spacial score (nSPS) is 11.1. The molecule has 1 N–H and O–H groups in total.